The van der Waals surface area contributed by atoms with Crippen molar-refractivity contribution in [2.24, 2.45) is 0 Å². The lowest BCUT2D eigenvalue weighted by Gasteiger charge is -2.13. The average molecular weight is 292 g/mol. The molecule has 98 valence electrons. The smallest absolute Gasteiger partial charge is 0.217 e. The zero-order chi connectivity index (χ0) is 13.4. The highest BCUT2D eigenvalue weighted by atomic mass is 32.2. The van der Waals surface area contributed by atoms with Gasteiger partial charge in [-0.05, 0) is 18.6 Å². The van der Waals surface area contributed by atoms with Crippen LogP contribution >= 0.6 is 23.1 Å². The molecule has 3 rings (SSSR count). The molecule has 0 aliphatic heterocycles. The second kappa shape index (κ2) is 4.82. The number of carbonyl (C=O) groups is 1. The van der Waals surface area contributed by atoms with Crippen molar-refractivity contribution in [3.63, 3.8) is 0 Å². The Hall–Kier alpha value is -1.60. The van der Waals surface area contributed by atoms with E-state index in [2.05, 4.69) is 10.2 Å². The Morgan fingerprint density at radius 1 is 1.47 bits per heavy atom. The third-order valence-corrected chi connectivity index (χ3v) is 5.09. The predicted octanol–water partition coefficient (Wildman–Crippen LogP) is 1.56. The van der Waals surface area contributed by atoms with Gasteiger partial charge in [0.05, 0.1) is 21.4 Å². The van der Waals surface area contributed by atoms with Crippen molar-refractivity contribution in [3.05, 3.63) is 24.3 Å². The van der Waals surface area contributed by atoms with Crippen molar-refractivity contribution >= 4 is 44.2 Å². The van der Waals surface area contributed by atoms with Gasteiger partial charge < -0.3 is 9.90 Å². The van der Waals surface area contributed by atoms with E-state index in [4.69, 9.17) is 0 Å². The summed E-state index contributed by atoms with van der Waals surface area (Å²) in [5.74, 6) is -1.07. The van der Waals surface area contributed by atoms with E-state index in [0.717, 1.165) is 15.2 Å². The van der Waals surface area contributed by atoms with Gasteiger partial charge in [0.25, 0.3) is 0 Å². The van der Waals surface area contributed by atoms with Crippen molar-refractivity contribution in [1.82, 2.24) is 14.6 Å². The molecule has 0 spiro atoms. The Bertz CT molecular complexity index is 750. The molecule has 0 fully saturated rings. The number of hydrogen-bond donors (Lipinski definition) is 0. The van der Waals surface area contributed by atoms with Crippen LogP contribution in [0.4, 0.5) is 0 Å². The van der Waals surface area contributed by atoms with Crippen LogP contribution in [-0.4, -0.2) is 25.8 Å². The van der Waals surface area contributed by atoms with E-state index in [1.807, 2.05) is 35.6 Å². The molecule has 0 N–H and O–H groups in total. The van der Waals surface area contributed by atoms with Gasteiger partial charge in [-0.2, -0.15) is 0 Å². The highest BCUT2D eigenvalue weighted by Gasteiger charge is 2.17. The van der Waals surface area contributed by atoms with Gasteiger partial charge in [0.1, 0.15) is 0 Å². The van der Waals surface area contributed by atoms with Crippen LogP contribution in [0.25, 0.3) is 15.2 Å². The van der Waals surface area contributed by atoms with Crippen LogP contribution in [0, 0.1) is 0 Å². The molecule has 1 atom stereocenters. The number of hydrogen-bond acceptors (Lipinski definition) is 6. The number of thioether (sulfide) groups is 1. The minimum Gasteiger partial charge on any atom is -0.549 e. The molecule has 0 bridgehead atoms. The van der Waals surface area contributed by atoms with Gasteiger partial charge in [0.2, 0.25) is 4.96 Å². The average Bonchev–Trinajstić information content (AvgIpc) is 2.94. The molecule has 2 heterocycles. The Balaban J connectivity index is 2.11. The Morgan fingerprint density at radius 2 is 2.26 bits per heavy atom. The van der Waals surface area contributed by atoms with Gasteiger partial charge in [0, 0.05) is 0 Å². The summed E-state index contributed by atoms with van der Waals surface area (Å²) in [5, 5.41) is 19.2. The number of carboxylic acids is 1. The van der Waals surface area contributed by atoms with Gasteiger partial charge in [-0.3, -0.25) is 4.40 Å². The maximum absolute atomic E-state index is 11.0. The molecule has 1 aromatic carbocycles. The van der Waals surface area contributed by atoms with Crippen LogP contribution in [0.1, 0.15) is 13.3 Å². The van der Waals surface area contributed by atoms with Gasteiger partial charge in [0.15, 0.2) is 5.16 Å². The molecule has 0 saturated heterocycles. The van der Waals surface area contributed by atoms with Gasteiger partial charge in [-0.15, -0.1) is 10.2 Å². The maximum atomic E-state index is 11.0. The number of para-hydroxylation sites is 1. The minimum atomic E-state index is -1.07. The molecule has 5 nitrogen and oxygen atoms in total. The number of aromatic nitrogens is 3. The fourth-order valence-electron chi connectivity index (χ4n) is 1.86. The number of carbonyl (C=O) groups excluding carboxylic acids is 1. The van der Waals surface area contributed by atoms with Crippen molar-refractivity contribution in [2.45, 2.75) is 23.8 Å². The summed E-state index contributed by atoms with van der Waals surface area (Å²) in [5.41, 5.74) is 1.00. The van der Waals surface area contributed by atoms with Gasteiger partial charge in [-0.25, -0.2) is 0 Å². The Labute approximate surface area is 117 Å². The van der Waals surface area contributed by atoms with Crippen LogP contribution in [0.3, 0.4) is 0 Å². The van der Waals surface area contributed by atoms with Gasteiger partial charge >= 0.3 is 0 Å². The number of aliphatic carboxylic acids is 1. The summed E-state index contributed by atoms with van der Waals surface area (Å²) in [7, 11) is 0. The van der Waals surface area contributed by atoms with E-state index in [1.165, 1.54) is 23.1 Å². The zero-order valence-electron chi connectivity index (χ0n) is 10.1. The third-order valence-electron chi connectivity index (χ3n) is 2.79. The molecule has 0 saturated carbocycles. The van der Waals surface area contributed by atoms with Crippen molar-refractivity contribution < 1.29 is 9.90 Å². The number of benzene rings is 1. The molecule has 7 heteroatoms. The summed E-state index contributed by atoms with van der Waals surface area (Å²) in [6.07, 6.45) is 0.490. The molecular weight excluding hydrogens is 282 g/mol. The summed E-state index contributed by atoms with van der Waals surface area (Å²) in [6, 6.07) is 7.90. The van der Waals surface area contributed by atoms with E-state index in [0.29, 0.717) is 11.6 Å². The largest absolute Gasteiger partial charge is 0.549 e. The third kappa shape index (κ3) is 2.08. The van der Waals surface area contributed by atoms with E-state index >= 15 is 0 Å². The number of fused-ring (bicyclic) bond motifs is 3. The molecule has 0 amide bonds. The Kier molecular flexibility index (Phi) is 3.16. The molecule has 2 aromatic heterocycles. The summed E-state index contributed by atoms with van der Waals surface area (Å²) < 4.78 is 3.01. The first-order valence-electron chi connectivity index (χ1n) is 5.81. The van der Waals surface area contributed by atoms with E-state index in [9.17, 15) is 9.90 Å². The quantitative estimate of drug-likeness (QED) is 0.683. The second-order valence-corrected chi connectivity index (χ2v) is 6.18. The SMILES string of the molecule is CC[C@@H](Sc1nnc2sc3ccccc3n12)C(=O)[O-]. The van der Waals surface area contributed by atoms with Crippen LogP contribution in [-0.2, 0) is 4.79 Å². The first-order chi connectivity index (χ1) is 9.20. The van der Waals surface area contributed by atoms with Crippen LogP contribution in [0.5, 0.6) is 0 Å². The number of carboxylic acid groups (broad SMARTS) is 1. The topological polar surface area (TPSA) is 70.3 Å². The van der Waals surface area contributed by atoms with Crippen LogP contribution in [0.15, 0.2) is 29.4 Å². The predicted molar refractivity (Wildman–Crippen MR) is 73.3 cm³/mol. The molecule has 19 heavy (non-hydrogen) atoms. The fraction of sp³-hybridized carbons (Fsp3) is 0.250. The zero-order valence-corrected chi connectivity index (χ0v) is 11.7. The van der Waals surface area contributed by atoms with Gasteiger partial charge in [-0.1, -0.05) is 42.2 Å². The molecule has 0 aliphatic carbocycles. The van der Waals surface area contributed by atoms with Crippen molar-refractivity contribution in [3.8, 4) is 0 Å². The number of nitrogens with zero attached hydrogens (tertiary/aromatic N) is 3. The van der Waals surface area contributed by atoms with E-state index < -0.39 is 11.2 Å². The highest BCUT2D eigenvalue weighted by molar-refractivity contribution is 8.00. The summed E-state index contributed by atoms with van der Waals surface area (Å²) in [4.78, 5) is 11.8. The van der Waals surface area contributed by atoms with Crippen LogP contribution < -0.4 is 5.11 Å². The summed E-state index contributed by atoms with van der Waals surface area (Å²) in [6.45, 7) is 1.82. The van der Waals surface area contributed by atoms with E-state index in [1.54, 1.807) is 0 Å². The normalized spacial score (nSPS) is 13.1. The lowest BCUT2D eigenvalue weighted by molar-refractivity contribution is -0.304. The Morgan fingerprint density at radius 3 is 3.00 bits per heavy atom. The molecule has 3 aromatic rings. The lowest BCUT2D eigenvalue weighted by atomic mass is 10.3. The van der Waals surface area contributed by atoms with Crippen LogP contribution in [0.2, 0.25) is 0 Å². The highest BCUT2D eigenvalue weighted by Crippen LogP contribution is 2.31. The molecular formula is C12H10N3O2S2-. The fourth-order valence-corrected chi connectivity index (χ4v) is 3.78. The second-order valence-electron chi connectivity index (χ2n) is 4.00. The molecule has 0 aliphatic rings. The standard InChI is InChI=1S/C12H11N3O2S2/c1-2-8(10(16)17)18-11-13-14-12-15(11)7-5-3-4-6-9(7)19-12/h3-6,8H,2H2,1H3,(H,16,17)/p-1/t8-/m1/s1. The first kappa shape index (κ1) is 12.4. The molecule has 0 radical (unpaired) electrons. The van der Waals surface area contributed by atoms with E-state index in [-0.39, 0.29) is 0 Å². The number of thiazole rings is 1. The lowest BCUT2D eigenvalue weighted by Crippen LogP contribution is -2.33. The van der Waals surface area contributed by atoms with Crippen molar-refractivity contribution in [2.75, 3.05) is 0 Å². The monoisotopic (exact) mass is 292 g/mol. The number of rotatable bonds is 4. The maximum Gasteiger partial charge on any atom is 0.217 e. The minimum absolute atomic E-state index is 0.490. The van der Waals surface area contributed by atoms with Crippen molar-refractivity contribution in [1.29, 1.82) is 0 Å². The molecule has 0 unspecified atom stereocenters. The first-order valence-corrected chi connectivity index (χ1v) is 7.50. The summed E-state index contributed by atoms with van der Waals surface area (Å²) >= 11 is 2.72.